The third-order valence-corrected chi connectivity index (χ3v) is 3.16. The Bertz CT molecular complexity index is 610. The fourth-order valence-corrected chi connectivity index (χ4v) is 2.13. The number of allylic oxidation sites excluding steroid dienone is 4. The molecule has 4 heteroatoms. The van der Waals surface area contributed by atoms with Crippen LogP contribution in [-0.4, -0.2) is 0 Å². The summed E-state index contributed by atoms with van der Waals surface area (Å²) >= 11 is 0. The predicted octanol–water partition coefficient (Wildman–Crippen LogP) is 6.81. The molecule has 2 aromatic carbocycles. The van der Waals surface area contributed by atoms with Gasteiger partial charge in [-0.05, 0) is 6.42 Å². The van der Waals surface area contributed by atoms with E-state index in [0.717, 1.165) is 6.42 Å². The summed E-state index contributed by atoms with van der Waals surface area (Å²) in [6, 6.07) is 17.6. The molecule has 1 nitrogen and oxygen atoms in total. The second-order valence-electron chi connectivity index (χ2n) is 4.57. The summed E-state index contributed by atoms with van der Waals surface area (Å²) < 4.78 is 0. The summed E-state index contributed by atoms with van der Waals surface area (Å²) in [5.41, 5.74) is 11.7. The molecular formula is C19H21Cl2NTi. The summed E-state index contributed by atoms with van der Waals surface area (Å²) in [7, 11) is 0. The molecule has 1 aliphatic carbocycles. The van der Waals surface area contributed by atoms with Gasteiger partial charge < -0.3 is 5.73 Å². The fraction of sp³-hybridized carbons (Fsp3) is 0.105. The maximum Gasteiger partial charge on any atom is 2.00 e. The van der Waals surface area contributed by atoms with Crippen LogP contribution in [0.5, 0.6) is 0 Å². The van der Waals surface area contributed by atoms with Gasteiger partial charge in [0.15, 0.2) is 0 Å². The van der Waals surface area contributed by atoms with E-state index in [1.807, 2.05) is 18.2 Å². The van der Waals surface area contributed by atoms with Crippen LogP contribution in [0.4, 0.5) is 5.69 Å². The van der Waals surface area contributed by atoms with Gasteiger partial charge in [0.05, 0.1) is 0 Å². The molecule has 1 aliphatic rings. The van der Waals surface area contributed by atoms with Gasteiger partial charge in [0.1, 0.15) is 0 Å². The van der Waals surface area contributed by atoms with E-state index >= 15 is 0 Å². The Balaban J connectivity index is 0. The molecule has 0 aliphatic heterocycles. The Hall–Kier alpha value is -1.12. The van der Waals surface area contributed by atoms with Crippen molar-refractivity contribution in [3.63, 3.8) is 0 Å². The molecule has 0 heterocycles. The molecule has 1 N–H and O–H groups in total. The minimum Gasteiger partial charge on any atom is -0.699 e. The zero-order chi connectivity index (χ0) is 14.2. The van der Waals surface area contributed by atoms with Gasteiger partial charge in [-0.1, -0.05) is 67.1 Å². The van der Waals surface area contributed by atoms with Crippen molar-refractivity contribution in [1.29, 1.82) is 0 Å². The molecule has 0 saturated carbocycles. The third kappa shape index (κ3) is 7.81. The molecule has 0 unspecified atom stereocenters. The van der Waals surface area contributed by atoms with Crippen LogP contribution in [0.25, 0.3) is 11.3 Å². The first-order valence-corrected chi connectivity index (χ1v) is 6.82. The molecule has 0 aromatic heterocycles. The zero-order valence-corrected chi connectivity index (χ0v) is 16.2. The van der Waals surface area contributed by atoms with Crippen molar-refractivity contribution in [3.8, 4) is 0 Å². The van der Waals surface area contributed by atoms with Crippen LogP contribution < -0.4 is 0 Å². The summed E-state index contributed by atoms with van der Waals surface area (Å²) in [5.74, 6) is 0. The second-order valence-corrected chi connectivity index (χ2v) is 4.57. The molecule has 2 aromatic rings. The van der Waals surface area contributed by atoms with E-state index in [0.29, 0.717) is 5.69 Å². The minimum atomic E-state index is 0. The standard InChI is InChI=1S/C13H13.C6H6N.2ClH.Ti/c1-2-11-7-5-6-10-13(11)12-8-3-4-9-12;7-6-4-2-1-3-5-6;;;/h2-8,10H,9H2,1H3;1-5,7H;2*1H;/q2*-1;;;+2. The van der Waals surface area contributed by atoms with Gasteiger partial charge in [0, 0.05) is 0 Å². The summed E-state index contributed by atoms with van der Waals surface area (Å²) in [4.78, 5) is 0. The van der Waals surface area contributed by atoms with E-state index in [9.17, 15) is 0 Å². The van der Waals surface area contributed by atoms with Crippen LogP contribution in [0, 0.1) is 6.42 Å². The maximum absolute atomic E-state index is 7.00. The Labute approximate surface area is 166 Å². The van der Waals surface area contributed by atoms with Crippen molar-refractivity contribution in [1.82, 2.24) is 0 Å². The number of hydrogen-bond donors (Lipinski definition) is 0. The van der Waals surface area contributed by atoms with Gasteiger partial charge in [0.2, 0.25) is 0 Å². The molecule has 0 saturated heterocycles. The Kier molecular flexibility index (Phi) is 14.0. The smallest absolute Gasteiger partial charge is 0.699 e. The molecule has 0 amide bonds. The molecular weight excluding hydrogens is 361 g/mol. The normalized spacial score (nSPS) is 10.7. The monoisotopic (exact) mass is 381 g/mol. The molecule has 0 bridgehead atoms. The number of nitrogens with one attached hydrogen (secondary N) is 1. The van der Waals surface area contributed by atoms with Gasteiger partial charge >= 0.3 is 21.7 Å². The quantitative estimate of drug-likeness (QED) is 0.402. The largest absolute Gasteiger partial charge is 2.00 e. The molecule has 0 radical (unpaired) electrons. The number of rotatable bonds is 2. The van der Waals surface area contributed by atoms with Crippen LogP contribution in [-0.2, 0) is 21.7 Å². The minimum absolute atomic E-state index is 0. The van der Waals surface area contributed by atoms with E-state index in [1.54, 1.807) is 12.1 Å². The Morgan fingerprint density at radius 1 is 0.913 bits per heavy atom. The summed E-state index contributed by atoms with van der Waals surface area (Å²) in [6.45, 7) is 2.09. The zero-order valence-electron chi connectivity index (χ0n) is 13.0. The Morgan fingerprint density at radius 2 is 1.52 bits per heavy atom. The third-order valence-electron chi connectivity index (χ3n) is 3.16. The Morgan fingerprint density at radius 3 is 2.00 bits per heavy atom. The molecule has 0 atom stereocenters. The van der Waals surface area contributed by atoms with Gasteiger partial charge in [-0.2, -0.15) is 18.1 Å². The van der Waals surface area contributed by atoms with Crippen LogP contribution >= 0.6 is 24.8 Å². The van der Waals surface area contributed by atoms with Crippen molar-refractivity contribution in [2.24, 2.45) is 0 Å². The van der Waals surface area contributed by atoms with E-state index in [4.69, 9.17) is 5.73 Å². The average molecular weight is 382 g/mol. The average Bonchev–Trinajstić information content (AvgIpc) is 3.03. The van der Waals surface area contributed by atoms with Crippen molar-refractivity contribution >= 4 is 36.1 Å². The molecule has 23 heavy (non-hydrogen) atoms. The SMILES string of the molecule is C[CH-]c1ccccc1C1=CC=CC1.Cl.Cl.[NH-]c1ccccc1.[Ti+2]. The van der Waals surface area contributed by atoms with Crippen LogP contribution in [0.1, 0.15) is 24.5 Å². The first-order valence-electron chi connectivity index (χ1n) is 6.82. The van der Waals surface area contributed by atoms with Crippen LogP contribution in [0.2, 0.25) is 0 Å². The van der Waals surface area contributed by atoms with E-state index in [1.165, 1.54) is 16.7 Å². The van der Waals surface area contributed by atoms with Gasteiger partial charge in [0.25, 0.3) is 0 Å². The second kappa shape index (κ2) is 13.3. The maximum atomic E-state index is 7.00. The van der Waals surface area contributed by atoms with E-state index in [-0.39, 0.29) is 46.5 Å². The van der Waals surface area contributed by atoms with Crippen molar-refractivity contribution in [2.75, 3.05) is 0 Å². The topological polar surface area (TPSA) is 23.8 Å². The van der Waals surface area contributed by atoms with Crippen LogP contribution in [0.3, 0.4) is 0 Å². The van der Waals surface area contributed by atoms with Crippen molar-refractivity contribution in [2.45, 2.75) is 13.3 Å². The summed E-state index contributed by atoms with van der Waals surface area (Å²) in [5, 5.41) is 0. The van der Waals surface area contributed by atoms with Gasteiger partial charge in [-0.3, -0.25) is 0 Å². The van der Waals surface area contributed by atoms with Gasteiger partial charge in [-0.25, -0.2) is 0 Å². The number of hydrogen-bond acceptors (Lipinski definition) is 0. The first kappa shape index (κ1) is 24.1. The number of benzene rings is 2. The van der Waals surface area contributed by atoms with Gasteiger partial charge in [-0.15, -0.1) is 48.2 Å². The fourth-order valence-electron chi connectivity index (χ4n) is 2.13. The molecule has 0 spiro atoms. The summed E-state index contributed by atoms with van der Waals surface area (Å²) in [6.07, 6.45) is 9.76. The van der Waals surface area contributed by atoms with E-state index < -0.39 is 0 Å². The molecule has 0 fully saturated rings. The molecule has 3 rings (SSSR count). The van der Waals surface area contributed by atoms with E-state index in [2.05, 4.69) is 55.8 Å². The number of halogens is 2. The molecule has 120 valence electrons. The van der Waals surface area contributed by atoms with Crippen molar-refractivity contribution < 1.29 is 21.7 Å². The van der Waals surface area contributed by atoms with Crippen LogP contribution in [0.15, 0.2) is 72.8 Å². The predicted molar refractivity (Wildman–Crippen MR) is 102 cm³/mol. The van der Waals surface area contributed by atoms with Crippen molar-refractivity contribution in [3.05, 3.63) is 96.1 Å². The first-order chi connectivity index (χ1) is 9.81.